The van der Waals surface area contributed by atoms with E-state index in [1.807, 2.05) is 48.6 Å². The van der Waals surface area contributed by atoms with E-state index in [1.54, 1.807) is 22.2 Å². The molecule has 6 nitrogen and oxygen atoms in total. The number of thiazole rings is 1. The molecule has 1 saturated heterocycles. The molecule has 0 aromatic carbocycles. The Labute approximate surface area is 165 Å². The lowest BCUT2D eigenvalue weighted by molar-refractivity contribution is 0.286. The standard InChI is InChI=1S/C20H19FN6S/c1-26-11-14(10-23-26)16-5-6-17-19(24-16)25-20(28-17)13-4-7-18(22-9-13)27-8-2-3-15(21)12-27/h4-7,9-11,15H,2-3,8,12H2,1H3. The summed E-state index contributed by atoms with van der Waals surface area (Å²) in [4.78, 5) is 15.9. The predicted octanol–water partition coefficient (Wildman–Crippen LogP) is 4.09. The van der Waals surface area contributed by atoms with Gasteiger partial charge in [0.2, 0.25) is 0 Å². The van der Waals surface area contributed by atoms with Gasteiger partial charge in [0.15, 0.2) is 5.65 Å². The van der Waals surface area contributed by atoms with Crippen molar-refractivity contribution in [2.75, 3.05) is 18.0 Å². The van der Waals surface area contributed by atoms with Gasteiger partial charge in [-0.05, 0) is 37.1 Å². The number of aryl methyl sites for hydroxylation is 1. The Balaban J connectivity index is 1.42. The van der Waals surface area contributed by atoms with E-state index >= 15 is 0 Å². The molecule has 142 valence electrons. The van der Waals surface area contributed by atoms with Crippen molar-refractivity contribution < 1.29 is 4.39 Å². The maximum absolute atomic E-state index is 13.6. The molecule has 4 aromatic heterocycles. The van der Waals surface area contributed by atoms with Gasteiger partial charge in [0.05, 0.1) is 23.1 Å². The van der Waals surface area contributed by atoms with Crippen molar-refractivity contribution in [1.29, 1.82) is 0 Å². The van der Waals surface area contributed by atoms with Gasteiger partial charge in [-0.15, -0.1) is 11.3 Å². The van der Waals surface area contributed by atoms with Crippen LogP contribution in [-0.2, 0) is 7.05 Å². The summed E-state index contributed by atoms with van der Waals surface area (Å²) in [5.41, 5.74) is 3.50. The predicted molar refractivity (Wildman–Crippen MR) is 109 cm³/mol. The minimum Gasteiger partial charge on any atom is -0.354 e. The summed E-state index contributed by atoms with van der Waals surface area (Å²) in [7, 11) is 1.89. The van der Waals surface area contributed by atoms with Gasteiger partial charge in [-0.1, -0.05) is 0 Å². The average Bonchev–Trinajstić information content (AvgIpc) is 3.33. The molecule has 0 amide bonds. The topological polar surface area (TPSA) is 59.7 Å². The Bertz CT molecular complexity index is 1120. The van der Waals surface area contributed by atoms with Crippen LogP contribution in [0.1, 0.15) is 12.8 Å². The molecule has 0 aliphatic carbocycles. The summed E-state index contributed by atoms with van der Waals surface area (Å²) < 4.78 is 16.4. The summed E-state index contributed by atoms with van der Waals surface area (Å²) in [6.07, 6.45) is 6.30. The van der Waals surface area contributed by atoms with Crippen molar-refractivity contribution in [3.8, 4) is 21.8 Å². The third kappa shape index (κ3) is 3.24. The third-order valence-corrected chi connectivity index (χ3v) is 6.00. The number of hydrogen-bond acceptors (Lipinski definition) is 6. The van der Waals surface area contributed by atoms with Crippen LogP contribution in [0.25, 0.3) is 32.2 Å². The first-order valence-corrected chi connectivity index (χ1v) is 10.1. The average molecular weight is 394 g/mol. The highest BCUT2D eigenvalue weighted by atomic mass is 32.1. The summed E-state index contributed by atoms with van der Waals surface area (Å²) in [6.45, 7) is 1.28. The van der Waals surface area contributed by atoms with Crippen molar-refractivity contribution in [1.82, 2.24) is 24.7 Å². The van der Waals surface area contributed by atoms with Gasteiger partial charge >= 0.3 is 0 Å². The largest absolute Gasteiger partial charge is 0.354 e. The Hall–Kier alpha value is -2.87. The fourth-order valence-electron chi connectivity index (χ4n) is 3.49. The molecule has 0 spiro atoms. The Morgan fingerprint density at radius 3 is 2.79 bits per heavy atom. The molecule has 0 N–H and O–H groups in total. The maximum Gasteiger partial charge on any atom is 0.171 e. The molecule has 8 heteroatoms. The molecule has 1 atom stereocenters. The molecule has 1 fully saturated rings. The van der Waals surface area contributed by atoms with Gasteiger partial charge in [-0.2, -0.15) is 5.10 Å². The van der Waals surface area contributed by atoms with Crippen LogP contribution in [0.4, 0.5) is 10.2 Å². The molecule has 4 aromatic rings. The van der Waals surface area contributed by atoms with E-state index in [2.05, 4.69) is 15.1 Å². The fraction of sp³-hybridized carbons (Fsp3) is 0.300. The highest BCUT2D eigenvalue weighted by Crippen LogP contribution is 2.31. The van der Waals surface area contributed by atoms with Gasteiger partial charge in [0.25, 0.3) is 0 Å². The number of pyridine rings is 2. The Morgan fingerprint density at radius 2 is 2.04 bits per heavy atom. The molecule has 28 heavy (non-hydrogen) atoms. The number of nitrogens with zero attached hydrogens (tertiary/aromatic N) is 6. The molecule has 0 bridgehead atoms. The second-order valence-corrected chi connectivity index (χ2v) is 8.06. The van der Waals surface area contributed by atoms with E-state index in [0.717, 1.165) is 51.0 Å². The number of rotatable bonds is 3. The monoisotopic (exact) mass is 394 g/mol. The highest BCUT2D eigenvalue weighted by Gasteiger charge is 2.20. The highest BCUT2D eigenvalue weighted by molar-refractivity contribution is 7.21. The van der Waals surface area contributed by atoms with Gasteiger partial charge < -0.3 is 4.90 Å². The Morgan fingerprint density at radius 1 is 1.11 bits per heavy atom. The molecule has 0 radical (unpaired) electrons. The van der Waals surface area contributed by atoms with E-state index in [1.165, 1.54) is 0 Å². The van der Waals surface area contributed by atoms with Gasteiger partial charge in [-0.3, -0.25) is 4.68 Å². The van der Waals surface area contributed by atoms with Crippen LogP contribution in [0.3, 0.4) is 0 Å². The molecule has 1 aliphatic rings. The van der Waals surface area contributed by atoms with Crippen LogP contribution in [0.15, 0.2) is 42.9 Å². The molecule has 5 heterocycles. The number of piperidine rings is 1. The first-order chi connectivity index (χ1) is 13.7. The van der Waals surface area contributed by atoms with E-state index in [9.17, 15) is 4.39 Å². The SMILES string of the molecule is Cn1cc(-c2ccc3sc(-c4ccc(N5CCCC(F)C5)nc4)nc3n2)cn1. The van der Waals surface area contributed by atoms with Crippen molar-refractivity contribution in [3.05, 3.63) is 42.9 Å². The van der Waals surface area contributed by atoms with Crippen LogP contribution in [0.5, 0.6) is 0 Å². The normalized spacial score (nSPS) is 17.4. The van der Waals surface area contributed by atoms with Crippen molar-refractivity contribution in [3.63, 3.8) is 0 Å². The molecular formula is C20H19FN6S. The minimum absolute atomic E-state index is 0.425. The fourth-order valence-corrected chi connectivity index (χ4v) is 4.39. The van der Waals surface area contributed by atoms with Gasteiger partial charge in [0.1, 0.15) is 17.0 Å². The summed E-state index contributed by atoms with van der Waals surface area (Å²) >= 11 is 1.59. The van der Waals surface area contributed by atoms with Crippen molar-refractivity contribution in [2.24, 2.45) is 7.05 Å². The van der Waals surface area contributed by atoms with Crippen LogP contribution >= 0.6 is 11.3 Å². The van der Waals surface area contributed by atoms with Crippen LogP contribution in [0, 0.1) is 0 Å². The zero-order chi connectivity index (χ0) is 19.1. The van der Waals surface area contributed by atoms with Gasteiger partial charge in [0, 0.05) is 37.1 Å². The second-order valence-electron chi connectivity index (χ2n) is 7.03. The minimum atomic E-state index is -0.764. The molecule has 1 aliphatic heterocycles. The number of alkyl halides is 1. The van der Waals surface area contributed by atoms with E-state index in [4.69, 9.17) is 4.98 Å². The number of fused-ring (bicyclic) bond motifs is 1. The first-order valence-electron chi connectivity index (χ1n) is 9.28. The lowest BCUT2D eigenvalue weighted by atomic mass is 10.1. The van der Waals surface area contributed by atoms with Crippen LogP contribution in [0.2, 0.25) is 0 Å². The van der Waals surface area contributed by atoms with Crippen molar-refractivity contribution in [2.45, 2.75) is 19.0 Å². The zero-order valence-electron chi connectivity index (χ0n) is 15.4. The molecule has 1 unspecified atom stereocenters. The number of halogens is 1. The van der Waals surface area contributed by atoms with Crippen LogP contribution < -0.4 is 4.90 Å². The van der Waals surface area contributed by atoms with Gasteiger partial charge in [-0.25, -0.2) is 19.3 Å². The quantitative estimate of drug-likeness (QED) is 0.524. The smallest absolute Gasteiger partial charge is 0.171 e. The number of anilines is 1. The van der Waals surface area contributed by atoms with Crippen molar-refractivity contribution >= 4 is 27.5 Å². The second kappa shape index (κ2) is 6.94. The van der Waals surface area contributed by atoms with E-state index in [-0.39, 0.29) is 0 Å². The van der Waals surface area contributed by atoms with E-state index in [0.29, 0.717) is 13.0 Å². The summed E-state index contributed by atoms with van der Waals surface area (Å²) in [5, 5.41) is 5.08. The van der Waals surface area contributed by atoms with E-state index < -0.39 is 6.17 Å². The maximum atomic E-state index is 13.6. The zero-order valence-corrected chi connectivity index (χ0v) is 16.2. The first kappa shape index (κ1) is 17.2. The molecule has 5 rings (SSSR count). The number of aromatic nitrogens is 5. The Kier molecular flexibility index (Phi) is 4.27. The lowest BCUT2D eigenvalue weighted by Crippen LogP contribution is -2.36. The molecule has 0 saturated carbocycles. The van der Waals surface area contributed by atoms with Crippen LogP contribution in [-0.4, -0.2) is 44.0 Å². The lowest BCUT2D eigenvalue weighted by Gasteiger charge is -2.29. The summed E-state index contributed by atoms with van der Waals surface area (Å²) in [5.74, 6) is 0.823. The third-order valence-electron chi connectivity index (χ3n) is 4.94. The molecular weight excluding hydrogens is 375 g/mol. The summed E-state index contributed by atoms with van der Waals surface area (Å²) in [6, 6.07) is 7.99. The number of hydrogen-bond donors (Lipinski definition) is 0.